The van der Waals surface area contributed by atoms with Gasteiger partial charge in [-0.1, -0.05) is 22.8 Å². The van der Waals surface area contributed by atoms with Gasteiger partial charge in [-0.05, 0) is 29.7 Å². The largest absolute Gasteiger partial charge is 0.466 e. The summed E-state index contributed by atoms with van der Waals surface area (Å²) >= 11 is 6.43. The maximum Gasteiger partial charge on any atom is 0.346 e. The van der Waals surface area contributed by atoms with Gasteiger partial charge in [-0.3, -0.25) is 4.98 Å². The first kappa shape index (κ1) is 14.7. The van der Waals surface area contributed by atoms with Crippen LogP contribution in [0.4, 0.5) is 0 Å². The fourth-order valence-corrected chi connectivity index (χ4v) is 3.08. The van der Waals surface area contributed by atoms with Crippen LogP contribution in [0.15, 0.2) is 47.9 Å². The summed E-state index contributed by atoms with van der Waals surface area (Å²) in [4.78, 5) is 20.8. The predicted molar refractivity (Wildman–Crippen MR) is 89.9 cm³/mol. The molecule has 3 heterocycles. The Morgan fingerprint density at radius 2 is 2.21 bits per heavy atom. The summed E-state index contributed by atoms with van der Waals surface area (Å²) in [6.07, 6.45) is 3.62. The second kappa shape index (κ2) is 5.65. The lowest BCUT2D eigenvalue weighted by Gasteiger charge is -2.10. The molecule has 6 nitrogen and oxygen atoms in total. The van der Waals surface area contributed by atoms with E-state index in [4.69, 9.17) is 16.4 Å². The number of halogens is 1. The molecule has 24 heavy (non-hydrogen) atoms. The minimum Gasteiger partial charge on any atom is -0.466 e. The topological polar surface area (TPSA) is 65.2 Å². The maximum atomic E-state index is 11.2. The van der Waals surface area contributed by atoms with E-state index in [0.29, 0.717) is 15.9 Å². The monoisotopic (exact) mass is 341 g/mol. The van der Waals surface area contributed by atoms with Crippen molar-refractivity contribution in [1.29, 1.82) is 0 Å². The number of fused-ring (bicyclic) bond motifs is 2. The second-order valence-corrected chi connectivity index (χ2v) is 5.61. The third kappa shape index (κ3) is 2.15. The highest BCUT2D eigenvalue weighted by atomic mass is 35.5. The summed E-state index contributed by atoms with van der Waals surface area (Å²) in [5.74, 6) is -0.500. The zero-order chi connectivity index (χ0) is 16.7. The maximum absolute atomic E-state index is 11.2. The first-order chi connectivity index (χ1) is 11.7. The standard InChI is InChI=1S/C17H12ClN3O3/c1-23-13(22)9-24-20-15-12-3-2-8-21(12)17-11(18)5-4-10-6-7-19-16(15)14(10)17/h2-8H,9H2,1H3. The molecule has 0 aliphatic rings. The number of hydrogen-bond donors (Lipinski definition) is 0. The number of nitrogens with zero attached hydrogens (tertiary/aromatic N) is 3. The summed E-state index contributed by atoms with van der Waals surface area (Å²) in [6, 6.07) is 9.51. The molecule has 0 amide bonds. The van der Waals surface area contributed by atoms with E-state index in [1.165, 1.54) is 7.11 Å². The van der Waals surface area contributed by atoms with Gasteiger partial charge in [0.1, 0.15) is 5.52 Å². The van der Waals surface area contributed by atoms with E-state index in [1.807, 2.05) is 40.9 Å². The van der Waals surface area contributed by atoms with Gasteiger partial charge in [-0.15, -0.1) is 0 Å². The minimum absolute atomic E-state index is 0.265. The Morgan fingerprint density at radius 3 is 3.04 bits per heavy atom. The van der Waals surface area contributed by atoms with Crippen molar-refractivity contribution in [2.75, 3.05) is 13.7 Å². The number of benzene rings is 1. The Bertz CT molecular complexity index is 1140. The van der Waals surface area contributed by atoms with Crippen LogP contribution in [0.1, 0.15) is 0 Å². The van der Waals surface area contributed by atoms with Gasteiger partial charge in [0.25, 0.3) is 0 Å². The van der Waals surface area contributed by atoms with E-state index < -0.39 is 5.97 Å². The number of hydrogen-bond acceptors (Lipinski definition) is 5. The van der Waals surface area contributed by atoms with Crippen LogP contribution in [-0.2, 0) is 14.4 Å². The molecule has 0 aliphatic heterocycles. The van der Waals surface area contributed by atoms with Crippen LogP contribution in [0.2, 0.25) is 5.02 Å². The number of carbonyl (C=O) groups excluding carboxylic acids is 1. The van der Waals surface area contributed by atoms with E-state index in [1.54, 1.807) is 6.20 Å². The highest BCUT2D eigenvalue weighted by Crippen LogP contribution is 2.30. The van der Waals surface area contributed by atoms with Gasteiger partial charge >= 0.3 is 5.97 Å². The number of rotatable bonds is 3. The predicted octanol–water partition coefficient (Wildman–Crippen LogP) is 2.74. The van der Waals surface area contributed by atoms with Crippen LogP contribution in [0, 0.1) is 0 Å². The molecule has 0 bridgehead atoms. The molecule has 7 heteroatoms. The van der Waals surface area contributed by atoms with Gasteiger partial charge in [0, 0.05) is 17.8 Å². The number of carbonyl (C=O) groups is 1. The third-order valence-electron chi connectivity index (χ3n) is 3.88. The van der Waals surface area contributed by atoms with Crippen molar-refractivity contribution in [2.24, 2.45) is 5.16 Å². The lowest BCUT2D eigenvalue weighted by atomic mass is 10.1. The van der Waals surface area contributed by atoms with Gasteiger partial charge in [-0.25, -0.2) is 4.79 Å². The summed E-state index contributed by atoms with van der Waals surface area (Å²) in [6.45, 7) is -0.265. The number of aromatic nitrogens is 2. The normalized spacial score (nSPS) is 12.3. The van der Waals surface area contributed by atoms with Crippen molar-refractivity contribution in [1.82, 2.24) is 9.38 Å². The Balaban J connectivity index is 2.09. The Labute approximate surface area is 141 Å². The summed E-state index contributed by atoms with van der Waals surface area (Å²) in [5.41, 5.74) is 2.32. The first-order valence-electron chi connectivity index (χ1n) is 7.23. The SMILES string of the molecule is COC(=O)CON=c1c2nccc3ccc(Cl)c(c32)n2cccc12. The Kier molecular flexibility index (Phi) is 3.46. The average molecular weight is 342 g/mol. The highest BCUT2D eigenvalue weighted by molar-refractivity contribution is 6.36. The van der Waals surface area contributed by atoms with Crippen LogP contribution in [0.5, 0.6) is 0 Å². The first-order valence-corrected chi connectivity index (χ1v) is 7.61. The van der Waals surface area contributed by atoms with E-state index in [-0.39, 0.29) is 6.61 Å². The number of ether oxygens (including phenoxy) is 1. The molecular weight excluding hydrogens is 330 g/mol. The highest BCUT2D eigenvalue weighted by Gasteiger charge is 2.14. The van der Waals surface area contributed by atoms with Gasteiger partial charge in [0.05, 0.1) is 23.2 Å². The molecule has 0 fully saturated rings. The number of pyridine rings is 2. The third-order valence-corrected chi connectivity index (χ3v) is 4.18. The van der Waals surface area contributed by atoms with Crippen molar-refractivity contribution in [2.45, 2.75) is 0 Å². The fourth-order valence-electron chi connectivity index (χ4n) is 2.83. The zero-order valence-corrected chi connectivity index (χ0v) is 13.4. The van der Waals surface area contributed by atoms with Gasteiger partial charge in [0.2, 0.25) is 6.61 Å². The molecule has 0 radical (unpaired) electrons. The molecule has 3 aromatic heterocycles. The van der Waals surface area contributed by atoms with Crippen LogP contribution in [0.3, 0.4) is 0 Å². The van der Waals surface area contributed by atoms with Crippen molar-refractivity contribution >= 4 is 44.9 Å². The van der Waals surface area contributed by atoms with Gasteiger partial charge in [-0.2, -0.15) is 0 Å². The lowest BCUT2D eigenvalue weighted by Crippen LogP contribution is -2.14. The Morgan fingerprint density at radius 1 is 1.33 bits per heavy atom. The van der Waals surface area contributed by atoms with Crippen LogP contribution >= 0.6 is 11.6 Å². The summed E-state index contributed by atoms with van der Waals surface area (Å²) < 4.78 is 6.50. The quantitative estimate of drug-likeness (QED) is 0.424. The Hall–Kier alpha value is -2.86. The van der Waals surface area contributed by atoms with Crippen molar-refractivity contribution in [3.05, 3.63) is 53.1 Å². The van der Waals surface area contributed by atoms with E-state index in [2.05, 4.69) is 14.9 Å². The van der Waals surface area contributed by atoms with Crippen molar-refractivity contribution in [3.63, 3.8) is 0 Å². The molecule has 0 saturated carbocycles. The average Bonchev–Trinajstić information content (AvgIpc) is 3.08. The summed E-state index contributed by atoms with van der Waals surface area (Å²) in [7, 11) is 1.30. The van der Waals surface area contributed by atoms with E-state index in [9.17, 15) is 4.79 Å². The molecule has 4 rings (SSSR count). The minimum atomic E-state index is -0.500. The van der Waals surface area contributed by atoms with Crippen LogP contribution in [0.25, 0.3) is 27.3 Å². The fraction of sp³-hybridized carbons (Fsp3) is 0.118. The molecule has 0 unspecified atom stereocenters. The van der Waals surface area contributed by atoms with Gasteiger partial charge < -0.3 is 14.0 Å². The number of esters is 1. The van der Waals surface area contributed by atoms with Gasteiger partial charge in [0.15, 0.2) is 5.36 Å². The molecule has 1 aromatic carbocycles. The molecule has 0 atom stereocenters. The number of methoxy groups -OCH3 is 1. The molecular formula is C17H12ClN3O3. The molecule has 0 aliphatic carbocycles. The van der Waals surface area contributed by atoms with Crippen LogP contribution < -0.4 is 5.36 Å². The smallest absolute Gasteiger partial charge is 0.346 e. The van der Waals surface area contributed by atoms with E-state index in [0.717, 1.165) is 21.8 Å². The molecule has 0 saturated heterocycles. The van der Waals surface area contributed by atoms with E-state index >= 15 is 0 Å². The molecule has 120 valence electrons. The summed E-state index contributed by atoms with van der Waals surface area (Å²) in [5, 5.41) is 7.20. The van der Waals surface area contributed by atoms with Crippen molar-refractivity contribution < 1.29 is 14.4 Å². The zero-order valence-electron chi connectivity index (χ0n) is 12.7. The second-order valence-electron chi connectivity index (χ2n) is 5.21. The molecule has 0 spiro atoms. The lowest BCUT2D eigenvalue weighted by molar-refractivity contribution is -0.146. The van der Waals surface area contributed by atoms with Crippen molar-refractivity contribution in [3.8, 4) is 0 Å². The molecule has 4 aromatic rings. The molecule has 0 N–H and O–H groups in total. The van der Waals surface area contributed by atoms with Crippen LogP contribution in [-0.4, -0.2) is 29.1 Å².